The predicted molar refractivity (Wildman–Crippen MR) is 78.9 cm³/mol. The fraction of sp³-hybridized carbons (Fsp3) is 0.286. The van der Waals surface area contributed by atoms with Crippen LogP contribution < -0.4 is 15.4 Å². The Morgan fingerprint density at radius 1 is 1.43 bits per heavy atom. The first-order valence-electron chi connectivity index (χ1n) is 6.46. The zero-order chi connectivity index (χ0) is 15.0. The highest BCUT2D eigenvalue weighted by Crippen LogP contribution is 2.38. The van der Waals surface area contributed by atoms with E-state index in [-0.39, 0.29) is 12.5 Å². The highest BCUT2D eigenvalue weighted by atomic mass is 35.5. The van der Waals surface area contributed by atoms with Gasteiger partial charge in [-0.05, 0) is 26.0 Å². The van der Waals surface area contributed by atoms with E-state index in [4.69, 9.17) is 20.8 Å². The van der Waals surface area contributed by atoms with E-state index in [0.29, 0.717) is 34.6 Å². The molecular formula is C14H14ClN3O3. The fourth-order valence-electron chi connectivity index (χ4n) is 2.08. The third-order valence-electron chi connectivity index (χ3n) is 3.18. The molecule has 1 aliphatic rings. The highest BCUT2D eigenvalue weighted by Gasteiger charge is 2.20. The van der Waals surface area contributed by atoms with Crippen LogP contribution in [0.1, 0.15) is 17.3 Å². The molecule has 1 amide bonds. The monoisotopic (exact) mass is 307 g/mol. The minimum atomic E-state index is -0.199. The smallest absolute Gasteiger partial charge is 0.262 e. The number of fused-ring (bicyclic) bond motifs is 1. The SMILES string of the molecule is Cc1nc(CNc2cc(Cl)cc3c2OCC(=O)N3)oc1C. The molecule has 0 saturated heterocycles. The molecule has 0 unspecified atom stereocenters. The van der Waals surface area contributed by atoms with Gasteiger partial charge in [-0.3, -0.25) is 4.79 Å². The number of ether oxygens (including phenoxy) is 1. The van der Waals surface area contributed by atoms with Gasteiger partial charge in [0.15, 0.2) is 12.4 Å². The first kappa shape index (κ1) is 13.8. The molecule has 0 spiro atoms. The number of rotatable bonds is 3. The van der Waals surface area contributed by atoms with Crippen molar-refractivity contribution in [3.8, 4) is 5.75 Å². The van der Waals surface area contributed by atoms with Crippen molar-refractivity contribution in [2.75, 3.05) is 17.2 Å². The summed E-state index contributed by atoms with van der Waals surface area (Å²) in [6, 6.07) is 3.39. The second-order valence-corrected chi connectivity index (χ2v) is 5.21. The summed E-state index contributed by atoms with van der Waals surface area (Å²) in [5.74, 6) is 1.75. The van der Waals surface area contributed by atoms with E-state index in [0.717, 1.165) is 11.5 Å². The van der Waals surface area contributed by atoms with Crippen LogP contribution >= 0.6 is 11.6 Å². The molecule has 6 nitrogen and oxygen atoms in total. The lowest BCUT2D eigenvalue weighted by Gasteiger charge is -2.21. The van der Waals surface area contributed by atoms with Gasteiger partial charge < -0.3 is 19.8 Å². The van der Waals surface area contributed by atoms with E-state index in [1.165, 1.54) is 0 Å². The van der Waals surface area contributed by atoms with Crippen molar-refractivity contribution >= 4 is 28.9 Å². The van der Waals surface area contributed by atoms with Gasteiger partial charge in [0.05, 0.1) is 23.6 Å². The van der Waals surface area contributed by atoms with Crippen molar-refractivity contribution in [3.05, 3.63) is 34.5 Å². The molecule has 2 heterocycles. The van der Waals surface area contributed by atoms with Crippen molar-refractivity contribution in [2.45, 2.75) is 20.4 Å². The van der Waals surface area contributed by atoms with Gasteiger partial charge >= 0.3 is 0 Å². The number of nitrogens with one attached hydrogen (secondary N) is 2. The number of carbonyl (C=O) groups excluding carboxylic acids is 1. The van der Waals surface area contributed by atoms with Crippen LogP contribution in [0.15, 0.2) is 16.5 Å². The standard InChI is InChI=1S/C14H14ClN3O3/c1-7-8(2)21-13(17-7)5-16-10-3-9(15)4-11-14(10)20-6-12(19)18-11/h3-4,16H,5-6H2,1-2H3,(H,18,19). The quantitative estimate of drug-likeness (QED) is 0.912. The molecule has 3 rings (SSSR count). The number of oxazole rings is 1. The molecule has 1 aromatic heterocycles. The Hall–Kier alpha value is -2.21. The van der Waals surface area contributed by atoms with Gasteiger partial charge in [0.1, 0.15) is 5.76 Å². The zero-order valence-corrected chi connectivity index (χ0v) is 12.4. The molecule has 110 valence electrons. The number of aromatic nitrogens is 1. The molecule has 0 bridgehead atoms. The molecule has 0 saturated carbocycles. The van der Waals surface area contributed by atoms with Gasteiger partial charge in [-0.15, -0.1) is 0 Å². The summed E-state index contributed by atoms with van der Waals surface area (Å²) >= 11 is 6.05. The number of hydrogen-bond donors (Lipinski definition) is 2. The van der Waals surface area contributed by atoms with E-state index in [1.54, 1.807) is 12.1 Å². The van der Waals surface area contributed by atoms with E-state index < -0.39 is 0 Å². The van der Waals surface area contributed by atoms with Gasteiger partial charge in [-0.1, -0.05) is 11.6 Å². The van der Waals surface area contributed by atoms with Gasteiger partial charge in [-0.25, -0.2) is 4.98 Å². The van der Waals surface area contributed by atoms with Crippen molar-refractivity contribution in [1.82, 2.24) is 4.98 Å². The van der Waals surface area contributed by atoms with Gasteiger partial charge in [-0.2, -0.15) is 0 Å². The van der Waals surface area contributed by atoms with Crippen molar-refractivity contribution in [1.29, 1.82) is 0 Å². The average Bonchev–Trinajstić information content (AvgIpc) is 2.74. The molecular weight excluding hydrogens is 294 g/mol. The van der Waals surface area contributed by atoms with E-state index >= 15 is 0 Å². The number of aryl methyl sites for hydroxylation is 2. The Morgan fingerprint density at radius 2 is 2.24 bits per heavy atom. The fourth-order valence-corrected chi connectivity index (χ4v) is 2.30. The molecule has 1 aromatic carbocycles. The minimum Gasteiger partial charge on any atom is -0.479 e. The Bertz CT molecular complexity index is 692. The first-order chi connectivity index (χ1) is 10.0. The molecule has 7 heteroatoms. The summed E-state index contributed by atoms with van der Waals surface area (Å²) in [6.45, 7) is 4.15. The molecule has 0 radical (unpaired) electrons. The number of halogens is 1. The third-order valence-corrected chi connectivity index (χ3v) is 3.40. The third kappa shape index (κ3) is 2.80. The largest absolute Gasteiger partial charge is 0.479 e. The summed E-state index contributed by atoms with van der Waals surface area (Å²) in [5, 5.41) is 6.40. The predicted octanol–water partition coefficient (Wildman–Crippen LogP) is 2.89. The van der Waals surface area contributed by atoms with Gasteiger partial charge in [0.25, 0.3) is 5.91 Å². The van der Waals surface area contributed by atoms with Crippen LogP contribution in [-0.2, 0) is 11.3 Å². The lowest BCUT2D eigenvalue weighted by molar-refractivity contribution is -0.118. The molecule has 0 aliphatic carbocycles. The maximum atomic E-state index is 11.3. The number of benzene rings is 1. The van der Waals surface area contributed by atoms with Crippen molar-refractivity contribution < 1.29 is 13.9 Å². The summed E-state index contributed by atoms with van der Waals surface area (Å²) < 4.78 is 11.0. The minimum absolute atomic E-state index is 0.0134. The van der Waals surface area contributed by atoms with Crippen molar-refractivity contribution in [3.63, 3.8) is 0 Å². The van der Waals surface area contributed by atoms with Crippen LogP contribution in [0.25, 0.3) is 0 Å². The first-order valence-corrected chi connectivity index (χ1v) is 6.83. The molecule has 0 fully saturated rings. The van der Waals surface area contributed by atoms with Crippen LogP contribution in [0, 0.1) is 13.8 Å². The molecule has 21 heavy (non-hydrogen) atoms. The number of nitrogens with zero attached hydrogens (tertiary/aromatic N) is 1. The van der Waals surface area contributed by atoms with Gasteiger partial charge in [0.2, 0.25) is 5.89 Å². The van der Waals surface area contributed by atoms with Crippen LogP contribution in [0.2, 0.25) is 5.02 Å². The maximum absolute atomic E-state index is 11.3. The van der Waals surface area contributed by atoms with Crippen LogP contribution in [0.4, 0.5) is 11.4 Å². The van der Waals surface area contributed by atoms with Crippen molar-refractivity contribution in [2.24, 2.45) is 0 Å². The average molecular weight is 308 g/mol. The number of hydrogen-bond acceptors (Lipinski definition) is 5. The molecule has 1 aliphatic heterocycles. The number of amides is 1. The van der Waals surface area contributed by atoms with E-state index in [9.17, 15) is 4.79 Å². The normalized spacial score (nSPS) is 13.4. The zero-order valence-electron chi connectivity index (χ0n) is 11.6. The second kappa shape index (κ2) is 5.29. The summed E-state index contributed by atoms with van der Waals surface area (Å²) in [7, 11) is 0. The summed E-state index contributed by atoms with van der Waals surface area (Å²) in [4.78, 5) is 15.6. The summed E-state index contributed by atoms with van der Waals surface area (Å²) in [6.07, 6.45) is 0. The lowest BCUT2D eigenvalue weighted by Crippen LogP contribution is -2.26. The van der Waals surface area contributed by atoms with Gasteiger partial charge in [0, 0.05) is 5.02 Å². The Morgan fingerprint density at radius 3 is 2.95 bits per heavy atom. The lowest BCUT2D eigenvalue weighted by atomic mass is 10.2. The number of carbonyl (C=O) groups is 1. The molecule has 0 atom stereocenters. The van der Waals surface area contributed by atoms with Crippen LogP contribution in [0.3, 0.4) is 0 Å². The Balaban J connectivity index is 1.83. The van der Waals surface area contributed by atoms with Crippen LogP contribution in [-0.4, -0.2) is 17.5 Å². The second-order valence-electron chi connectivity index (χ2n) is 4.77. The van der Waals surface area contributed by atoms with E-state index in [1.807, 2.05) is 13.8 Å². The molecule has 2 N–H and O–H groups in total. The maximum Gasteiger partial charge on any atom is 0.262 e. The van der Waals surface area contributed by atoms with Crippen LogP contribution in [0.5, 0.6) is 5.75 Å². The highest BCUT2D eigenvalue weighted by molar-refractivity contribution is 6.31. The topological polar surface area (TPSA) is 76.4 Å². The Labute approximate surface area is 126 Å². The van der Waals surface area contributed by atoms with E-state index in [2.05, 4.69) is 15.6 Å². The molecule has 2 aromatic rings. The summed E-state index contributed by atoms with van der Waals surface area (Å²) in [5.41, 5.74) is 2.11. The number of anilines is 2. The Kier molecular flexibility index (Phi) is 3.47.